The molecule has 0 aliphatic carbocycles. The summed E-state index contributed by atoms with van der Waals surface area (Å²) < 4.78 is 0. The first-order valence-corrected chi connectivity index (χ1v) is 3.79. The lowest BCUT2D eigenvalue weighted by Crippen LogP contribution is -2.25. The molecule has 12 heavy (non-hydrogen) atoms. The van der Waals surface area contributed by atoms with Gasteiger partial charge >= 0.3 is 0 Å². The van der Waals surface area contributed by atoms with Crippen LogP contribution in [0.3, 0.4) is 0 Å². The Morgan fingerprint density at radius 1 is 1.42 bits per heavy atom. The maximum Gasteiger partial charge on any atom is 0.150 e. The molecule has 0 aliphatic rings. The first kappa shape index (κ1) is 8.90. The van der Waals surface area contributed by atoms with Crippen molar-refractivity contribution in [1.82, 2.24) is 5.43 Å². The van der Waals surface area contributed by atoms with E-state index in [0.29, 0.717) is 5.56 Å². The van der Waals surface area contributed by atoms with Gasteiger partial charge in [-0.15, -0.1) is 0 Å². The molecular formula is C9H12N2O. The van der Waals surface area contributed by atoms with E-state index >= 15 is 0 Å². The minimum Gasteiger partial charge on any atom is -0.298 e. The SMILES string of the molecule is C[C@@H](NN)c1ccc(C=O)cc1. The molecule has 0 spiro atoms. The van der Waals surface area contributed by atoms with E-state index in [2.05, 4.69) is 5.43 Å². The zero-order valence-electron chi connectivity index (χ0n) is 6.95. The third-order valence-corrected chi connectivity index (χ3v) is 1.82. The number of nitrogens with two attached hydrogens (primary N) is 1. The van der Waals surface area contributed by atoms with E-state index < -0.39 is 0 Å². The van der Waals surface area contributed by atoms with E-state index in [1.165, 1.54) is 0 Å². The highest BCUT2D eigenvalue weighted by Gasteiger charge is 2.00. The molecule has 3 nitrogen and oxygen atoms in total. The lowest BCUT2D eigenvalue weighted by Gasteiger charge is -2.09. The zero-order chi connectivity index (χ0) is 8.97. The quantitative estimate of drug-likeness (QED) is 0.398. The van der Waals surface area contributed by atoms with Gasteiger partial charge in [-0.25, -0.2) is 0 Å². The lowest BCUT2D eigenvalue weighted by atomic mass is 10.1. The molecule has 0 radical (unpaired) electrons. The van der Waals surface area contributed by atoms with Crippen LogP contribution < -0.4 is 11.3 Å². The van der Waals surface area contributed by atoms with Gasteiger partial charge in [0.05, 0.1) is 0 Å². The van der Waals surface area contributed by atoms with Gasteiger partial charge in [0.1, 0.15) is 6.29 Å². The fraction of sp³-hybridized carbons (Fsp3) is 0.222. The smallest absolute Gasteiger partial charge is 0.150 e. The van der Waals surface area contributed by atoms with Crippen LogP contribution in [-0.2, 0) is 0 Å². The standard InChI is InChI=1S/C9H12N2O/c1-7(11-10)9-4-2-8(6-12)3-5-9/h2-7,11H,10H2,1H3/t7-/m1/s1. The summed E-state index contributed by atoms with van der Waals surface area (Å²) in [6.07, 6.45) is 0.824. The highest BCUT2D eigenvalue weighted by Crippen LogP contribution is 2.10. The van der Waals surface area contributed by atoms with Crippen molar-refractivity contribution in [3.63, 3.8) is 0 Å². The van der Waals surface area contributed by atoms with Gasteiger partial charge in [-0.1, -0.05) is 24.3 Å². The summed E-state index contributed by atoms with van der Waals surface area (Å²) in [6, 6.07) is 7.43. The van der Waals surface area contributed by atoms with Crippen LogP contribution in [-0.4, -0.2) is 6.29 Å². The van der Waals surface area contributed by atoms with Crippen LogP contribution in [0.2, 0.25) is 0 Å². The molecule has 3 heteroatoms. The molecule has 0 aromatic heterocycles. The normalized spacial score (nSPS) is 12.5. The van der Waals surface area contributed by atoms with Gasteiger partial charge in [-0.2, -0.15) is 0 Å². The molecule has 1 rings (SSSR count). The minimum atomic E-state index is 0.116. The molecule has 0 bridgehead atoms. The van der Waals surface area contributed by atoms with Crippen molar-refractivity contribution >= 4 is 6.29 Å². The Hall–Kier alpha value is -1.19. The van der Waals surface area contributed by atoms with E-state index in [4.69, 9.17) is 5.84 Å². The monoisotopic (exact) mass is 164 g/mol. The maximum absolute atomic E-state index is 10.3. The summed E-state index contributed by atoms with van der Waals surface area (Å²) >= 11 is 0. The molecule has 0 fully saturated rings. The summed E-state index contributed by atoms with van der Waals surface area (Å²) in [4.78, 5) is 10.3. The molecule has 64 valence electrons. The van der Waals surface area contributed by atoms with E-state index in [-0.39, 0.29) is 6.04 Å². The molecular weight excluding hydrogens is 152 g/mol. The van der Waals surface area contributed by atoms with Crippen LogP contribution in [0, 0.1) is 0 Å². The fourth-order valence-electron chi connectivity index (χ4n) is 0.959. The Labute approximate surface area is 71.5 Å². The van der Waals surface area contributed by atoms with Crippen molar-refractivity contribution in [2.24, 2.45) is 5.84 Å². The van der Waals surface area contributed by atoms with Crippen molar-refractivity contribution in [1.29, 1.82) is 0 Å². The number of rotatable bonds is 3. The van der Waals surface area contributed by atoms with E-state index in [1.54, 1.807) is 12.1 Å². The van der Waals surface area contributed by atoms with Crippen LogP contribution in [0.5, 0.6) is 0 Å². The number of carbonyl (C=O) groups is 1. The molecule has 0 unspecified atom stereocenters. The number of nitrogens with one attached hydrogen (secondary N) is 1. The maximum atomic E-state index is 10.3. The van der Waals surface area contributed by atoms with Gasteiger partial charge in [0.15, 0.2) is 0 Å². The van der Waals surface area contributed by atoms with Crippen molar-refractivity contribution in [2.75, 3.05) is 0 Å². The Bertz CT molecular complexity index is 256. The highest BCUT2D eigenvalue weighted by molar-refractivity contribution is 5.74. The summed E-state index contributed by atoms with van der Waals surface area (Å²) in [7, 11) is 0. The average molecular weight is 164 g/mol. The lowest BCUT2D eigenvalue weighted by molar-refractivity contribution is 0.112. The third kappa shape index (κ3) is 1.90. The number of benzene rings is 1. The number of hydrogen-bond donors (Lipinski definition) is 2. The Morgan fingerprint density at radius 3 is 2.42 bits per heavy atom. The highest BCUT2D eigenvalue weighted by atomic mass is 16.1. The number of aldehydes is 1. The van der Waals surface area contributed by atoms with Crippen LogP contribution in [0.4, 0.5) is 0 Å². The van der Waals surface area contributed by atoms with Gasteiger partial charge in [0.25, 0.3) is 0 Å². The first-order valence-electron chi connectivity index (χ1n) is 3.79. The molecule has 1 aromatic rings. The second kappa shape index (κ2) is 3.99. The van der Waals surface area contributed by atoms with Crippen molar-refractivity contribution < 1.29 is 4.79 Å². The molecule has 1 aromatic carbocycles. The predicted octanol–water partition coefficient (Wildman–Crippen LogP) is 1.02. The van der Waals surface area contributed by atoms with Crippen LogP contribution in [0.25, 0.3) is 0 Å². The molecule has 0 saturated carbocycles. The van der Waals surface area contributed by atoms with Crippen molar-refractivity contribution in [3.05, 3.63) is 35.4 Å². The Morgan fingerprint density at radius 2 is 2.00 bits per heavy atom. The Balaban J connectivity index is 2.84. The minimum absolute atomic E-state index is 0.116. The van der Waals surface area contributed by atoms with E-state index in [1.807, 2.05) is 19.1 Å². The van der Waals surface area contributed by atoms with Gasteiger partial charge in [0, 0.05) is 11.6 Å². The zero-order valence-corrected chi connectivity index (χ0v) is 6.95. The van der Waals surface area contributed by atoms with E-state index in [0.717, 1.165) is 11.8 Å². The third-order valence-electron chi connectivity index (χ3n) is 1.82. The summed E-state index contributed by atoms with van der Waals surface area (Å²) in [5.41, 5.74) is 4.39. The number of carbonyl (C=O) groups excluding carboxylic acids is 1. The van der Waals surface area contributed by atoms with Gasteiger partial charge in [-0.3, -0.25) is 16.1 Å². The largest absolute Gasteiger partial charge is 0.298 e. The molecule has 0 heterocycles. The fourth-order valence-corrected chi connectivity index (χ4v) is 0.959. The van der Waals surface area contributed by atoms with Gasteiger partial charge < -0.3 is 0 Å². The Kier molecular flexibility index (Phi) is 2.96. The molecule has 1 atom stereocenters. The average Bonchev–Trinajstić information content (AvgIpc) is 2.17. The molecule has 0 aliphatic heterocycles. The topological polar surface area (TPSA) is 55.1 Å². The molecule has 0 amide bonds. The van der Waals surface area contributed by atoms with E-state index in [9.17, 15) is 4.79 Å². The predicted molar refractivity (Wildman–Crippen MR) is 47.6 cm³/mol. The molecule has 3 N–H and O–H groups in total. The second-order valence-electron chi connectivity index (χ2n) is 2.67. The second-order valence-corrected chi connectivity index (χ2v) is 2.67. The van der Waals surface area contributed by atoms with Crippen LogP contribution >= 0.6 is 0 Å². The molecule has 0 saturated heterocycles. The first-order chi connectivity index (χ1) is 5.77. The summed E-state index contributed by atoms with van der Waals surface area (Å²) in [5, 5.41) is 0. The van der Waals surface area contributed by atoms with Crippen LogP contribution in [0.1, 0.15) is 28.9 Å². The number of hydrogen-bond acceptors (Lipinski definition) is 3. The van der Waals surface area contributed by atoms with Crippen molar-refractivity contribution in [3.8, 4) is 0 Å². The van der Waals surface area contributed by atoms with Crippen LogP contribution in [0.15, 0.2) is 24.3 Å². The van der Waals surface area contributed by atoms with Crippen molar-refractivity contribution in [2.45, 2.75) is 13.0 Å². The van der Waals surface area contributed by atoms with Gasteiger partial charge in [-0.05, 0) is 12.5 Å². The van der Waals surface area contributed by atoms with Gasteiger partial charge in [0.2, 0.25) is 0 Å². The summed E-state index contributed by atoms with van der Waals surface area (Å²) in [5.74, 6) is 5.26. The number of hydrazine groups is 1. The summed E-state index contributed by atoms with van der Waals surface area (Å²) in [6.45, 7) is 1.95.